The molecule has 0 spiro atoms. The first-order valence-corrected chi connectivity index (χ1v) is 12.4. The predicted octanol–water partition coefficient (Wildman–Crippen LogP) is 6.89. The third-order valence-electron chi connectivity index (χ3n) is 5.19. The Bertz CT molecular complexity index is 863. The van der Waals surface area contributed by atoms with Crippen molar-refractivity contribution < 1.29 is 22.8 Å². The Labute approximate surface area is 180 Å². The fraction of sp³-hybridized carbons (Fsp3) is 0.500. The van der Waals surface area contributed by atoms with Crippen molar-refractivity contribution in [3.8, 4) is 17.2 Å². The molecule has 166 valence electrons. The van der Waals surface area contributed by atoms with Gasteiger partial charge in [0.05, 0.1) is 0 Å². The van der Waals surface area contributed by atoms with E-state index in [0.29, 0.717) is 17.7 Å². The zero-order valence-electron chi connectivity index (χ0n) is 17.8. The summed E-state index contributed by atoms with van der Waals surface area (Å²) >= 11 is 0. The van der Waals surface area contributed by atoms with Gasteiger partial charge in [0.25, 0.3) is 10.1 Å². The molecule has 0 radical (unpaired) electrons. The first kappa shape index (κ1) is 24.2. The van der Waals surface area contributed by atoms with Gasteiger partial charge in [0, 0.05) is 6.07 Å². The minimum atomic E-state index is -4.48. The number of phenolic OH excluding ortho intramolecular Hbond substituents is 1. The van der Waals surface area contributed by atoms with Crippen LogP contribution in [-0.4, -0.2) is 18.1 Å². The topological polar surface area (TPSA) is 83.8 Å². The summed E-state index contributed by atoms with van der Waals surface area (Å²) in [6.45, 7) is 2.22. The summed E-state index contributed by atoms with van der Waals surface area (Å²) in [6, 6.07) is 11.2. The largest absolute Gasteiger partial charge is 0.508 e. The second-order valence-corrected chi connectivity index (χ2v) is 9.14. The Morgan fingerprint density at radius 1 is 0.833 bits per heavy atom. The molecular formula is C24H34O5S. The van der Waals surface area contributed by atoms with E-state index in [0.717, 1.165) is 19.3 Å². The lowest BCUT2D eigenvalue weighted by Gasteiger charge is -2.13. The minimum absolute atomic E-state index is 0.0238. The van der Waals surface area contributed by atoms with Gasteiger partial charge in [0.15, 0.2) is 5.75 Å². The first-order chi connectivity index (χ1) is 14.4. The molecule has 0 aromatic heterocycles. The molecule has 2 N–H and O–H groups in total. The van der Waals surface area contributed by atoms with E-state index in [1.807, 2.05) is 6.07 Å². The van der Waals surface area contributed by atoms with Gasteiger partial charge < -0.3 is 9.84 Å². The molecule has 6 heteroatoms. The Kier molecular flexibility index (Phi) is 10.2. The third-order valence-corrected chi connectivity index (χ3v) is 6.07. The average Bonchev–Trinajstić information content (AvgIpc) is 2.70. The minimum Gasteiger partial charge on any atom is -0.508 e. The maximum atomic E-state index is 11.8. The summed E-state index contributed by atoms with van der Waals surface area (Å²) in [7, 11) is -4.48. The van der Waals surface area contributed by atoms with Crippen LogP contribution in [0.1, 0.15) is 76.7 Å². The van der Waals surface area contributed by atoms with Gasteiger partial charge in [0.1, 0.15) is 16.4 Å². The zero-order chi connectivity index (χ0) is 21.8. The molecular weight excluding hydrogens is 400 g/mol. The highest BCUT2D eigenvalue weighted by atomic mass is 32.2. The van der Waals surface area contributed by atoms with Crippen molar-refractivity contribution in [2.24, 2.45) is 0 Å². The van der Waals surface area contributed by atoms with E-state index in [2.05, 4.69) is 6.92 Å². The standard InChI is InChI=1S/C24H34O5S/c1-2-3-4-5-6-7-8-9-10-12-15-20-18-24(30(26,27)28)23(19-22(20)25)29-21-16-13-11-14-17-21/h11,13-14,16-19,25H,2-10,12,15H2,1H3,(H,26,27,28). The zero-order valence-corrected chi connectivity index (χ0v) is 18.7. The Morgan fingerprint density at radius 3 is 1.97 bits per heavy atom. The second-order valence-electron chi connectivity index (χ2n) is 7.75. The first-order valence-electron chi connectivity index (χ1n) is 11.0. The van der Waals surface area contributed by atoms with Crippen LogP contribution in [0.4, 0.5) is 0 Å². The molecule has 2 rings (SSSR count). The molecule has 2 aromatic rings. The monoisotopic (exact) mass is 434 g/mol. The highest BCUT2D eigenvalue weighted by molar-refractivity contribution is 7.86. The summed E-state index contributed by atoms with van der Waals surface area (Å²) in [5.74, 6) is 0.307. The van der Waals surface area contributed by atoms with Gasteiger partial charge in [-0.1, -0.05) is 82.9 Å². The van der Waals surface area contributed by atoms with Crippen molar-refractivity contribution in [3.05, 3.63) is 48.0 Å². The summed E-state index contributed by atoms with van der Waals surface area (Å²) in [5.41, 5.74) is 0.502. The molecule has 0 aliphatic heterocycles. The number of hydrogen-bond donors (Lipinski definition) is 2. The van der Waals surface area contributed by atoms with Crippen LogP contribution in [-0.2, 0) is 16.5 Å². The molecule has 0 aliphatic rings. The van der Waals surface area contributed by atoms with E-state index >= 15 is 0 Å². The van der Waals surface area contributed by atoms with E-state index in [9.17, 15) is 18.1 Å². The fourth-order valence-electron chi connectivity index (χ4n) is 3.49. The normalized spacial score (nSPS) is 11.5. The highest BCUT2D eigenvalue weighted by Gasteiger charge is 2.21. The lowest BCUT2D eigenvalue weighted by Crippen LogP contribution is -2.03. The number of rotatable bonds is 14. The number of ether oxygens (including phenoxy) is 1. The number of hydrogen-bond acceptors (Lipinski definition) is 4. The molecule has 30 heavy (non-hydrogen) atoms. The van der Waals surface area contributed by atoms with Crippen LogP contribution in [0.3, 0.4) is 0 Å². The number of para-hydroxylation sites is 1. The Morgan fingerprint density at radius 2 is 1.40 bits per heavy atom. The highest BCUT2D eigenvalue weighted by Crippen LogP contribution is 2.35. The van der Waals surface area contributed by atoms with E-state index in [1.54, 1.807) is 24.3 Å². The van der Waals surface area contributed by atoms with Crippen LogP contribution in [0.25, 0.3) is 0 Å². The lowest BCUT2D eigenvalue weighted by molar-refractivity contribution is 0.433. The van der Waals surface area contributed by atoms with Gasteiger partial charge in [0.2, 0.25) is 0 Å². The summed E-state index contributed by atoms with van der Waals surface area (Å²) in [5, 5.41) is 10.3. The van der Waals surface area contributed by atoms with Gasteiger partial charge >= 0.3 is 0 Å². The smallest absolute Gasteiger partial charge is 0.298 e. The van der Waals surface area contributed by atoms with Crippen LogP contribution >= 0.6 is 0 Å². The maximum absolute atomic E-state index is 11.8. The molecule has 0 bridgehead atoms. The van der Waals surface area contributed by atoms with Crippen molar-refractivity contribution in [1.82, 2.24) is 0 Å². The van der Waals surface area contributed by atoms with Crippen molar-refractivity contribution in [2.75, 3.05) is 0 Å². The Hall–Kier alpha value is -2.05. The predicted molar refractivity (Wildman–Crippen MR) is 120 cm³/mol. The number of unbranched alkanes of at least 4 members (excludes halogenated alkanes) is 9. The molecule has 0 fully saturated rings. The third kappa shape index (κ3) is 8.36. The van der Waals surface area contributed by atoms with Crippen molar-refractivity contribution in [3.63, 3.8) is 0 Å². The van der Waals surface area contributed by atoms with E-state index in [4.69, 9.17) is 4.74 Å². The number of aryl methyl sites for hydroxylation is 1. The molecule has 5 nitrogen and oxygen atoms in total. The average molecular weight is 435 g/mol. The van der Waals surface area contributed by atoms with Crippen molar-refractivity contribution in [2.45, 2.75) is 82.4 Å². The lowest BCUT2D eigenvalue weighted by atomic mass is 10.0. The van der Waals surface area contributed by atoms with Gasteiger partial charge in [-0.05, 0) is 36.6 Å². The number of benzene rings is 2. The second kappa shape index (κ2) is 12.6. The molecule has 0 aliphatic carbocycles. The summed E-state index contributed by atoms with van der Waals surface area (Å²) in [4.78, 5) is -0.328. The molecule has 0 unspecified atom stereocenters. The van der Waals surface area contributed by atoms with Crippen LogP contribution in [0.15, 0.2) is 47.4 Å². The maximum Gasteiger partial charge on any atom is 0.298 e. The van der Waals surface area contributed by atoms with Crippen molar-refractivity contribution in [1.29, 1.82) is 0 Å². The van der Waals surface area contributed by atoms with Crippen molar-refractivity contribution >= 4 is 10.1 Å². The molecule has 0 amide bonds. The molecule has 0 heterocycles. The van der Waals surface area contributed by atoms with Gasteiger partial charge in [-0.25, -0.2) is 0 Å². The number of aromatic hydroxyl groups is 1. The van der Waals surface area contributed by atoms with Crippen LogP contribution in [0.5, 0.6) is 17.2 Å². The number of phenols is 1. The van der Waals surface area contributed by atoms with Crippen LogP contribution < -0.4 is 4.74 Å². The fourth-order valence-corrected chi connectivity index (χ4v) is 4.14. The molecule has 2 aromatic carbocycles. The van der Waals surface area contributed by atoms with E-state index in [-0.39, 0.29) is 16.4 Å². The summed E-state index contributed by atoms with van der Waals surface area (Å²) < 4.78 is 38.9. The van der Waals surface area contributed by atoms with Gasteiger partial charge in [-0.2, -0.15) is 8.42 Å². The SMILES string of the molecule is CCCCCCCCCCCCc1cc(S(=O)(=O)O)c(Oc2ccccc2)cc1O. The molecule has 0 saturated carbocycles. The Balaban J connectivity index is 1.89. The summed E-state index contributed by atoms with van der Waals surface area (Å²) in [6.07, 6.45) is 12.6. The molecule has 0 saturated heterocycles. The van der Waals surface area contributed by atoms with Crippen LogP contribution in [0.2, 0.25) is 0 Å². The van der Waals surface area contributed by atoms with Gasteiger partial charge in [-0.15, -0.1) is 0 Å². The van der Waals surface area contributed by atoms with Gasteiger partial charge in [-0.3, -0.25) is 4.55 Å². The van der Waals surface area contributed by atoms with Crippen LogP contribution in [0, 0.1) is 0 Å². The molecule has 0 atom stereocenters. The van der Waals surface area contributed by atoms with E-state index < -0.39 is 10.1 Å². The quantitative estimate of drug-likeness (QED) is 0.250. The van der Waals surface area contributed by atoms with E-state index in [1.165, 1.54) is 57.1 Å².